The topological polar surface area (TPSA) is 94.1 Å². The van der Waals surface area contributed by atoms with Crippen LogP contribution in [0.5, 0.6) is 11.5 Å². The molecule has 2 fully saturated rings. The van der Waals surface area contributed by atoms with Crippen molar-refractivity contribution in [2.75, 3.05) is 47.1 Å². The van der Waals surface area contributed by atoms with Crippen LogP contribution < -0.4 is 9.47 Å². The summed E-state index contributed by atoms with van der Waals surface area (Å²) in [6.07, 6.45) is 3.19. The van der Waals surface area contributed by atoms with Gasteiger partial charge in [0.15, 0.2) is 5.82 Å². The summed E-state index contributed by atoms with van der Waals surface area (Å²) in [6.45, 7) is 4.61. The van der Waals surface area contributed by atoms with E-state index in [1.54, 1.807) is 41.3 Å². The van der Waals surface area contributed by atoms with Gasteiger partial charge in [0, 0.05) is 25.8 Å². The molecule has 2 aliphatic rings. The monoisotopic (exact) mass is 440 g/mol. The molecule has 3 heterocycles. The van der Waals surface area contributed by atoms with Crippen LogP contribution in [0.2, 0.25) is 0 Å². The Hall–Kier alpha value is -3.20. The lowest BCUT2D eigenvalue weighted by Gasteiger charge is -2.28. The molecule has 4 rings (SSSR count). The van der Waals surface area contributed by atoms with Gasteiger partial charge in [-0.3, -0.25) is 9.59 Å². The zero-order valence-electron chi connectivity index (χ0n) is 18.7. The number of amides is 2. The number of likely N-dealkylation sites (tertiary alicyclic amines) is 1. The van der Waals surface area contributed by atoms with Crippen LogP contribution in [-0.2, 0) is 4.74 Å². The molecule has 9 nitrogen and oxygen atoms in total. The van der Waals surface area contributed by atoms with Crippen molar-refractivity contribution in [2.45, 2.75) is 25.8 Å². The quantitative estimate of drug-likeness (QED) is 0.704. The van der Waals surface area contributed by atoms with E-state index < -0.39 is 0 Å². The number of carbonyl (C=O) groups excluding carboxylic acids is 2. The van der Waals surface area contributed by atoms with Gasteiger partial charge >= 0.3 is 0 Å². The van der Waals surface area contributed by atoms with Crippen molar-refractivity contribution in [3.8, 4) is 11.5 Å². The van der Waals surface area contributed by atoms with E-state index in [2.05, 4.69) is 9.97 Å². The second-order valence-corrected chi connectivity index (χ2v) is 7.85. The van der Waals surface area contributed by atoms with Crippen LogP contribution in [0.1, 0.15) is 51.1 Å². The van der Waals surface area contributed by atoms with E-state index in [4.69, 9.17) is 14.2 Å². The Labute approximate surface area is 187 Å². The molecule has 1 atom stereocenters. The number of ether oxygens (including phenoxy) is 3. The minimum absolute atomic E-state index is 0.0854. The molecule has 0 saturated carbocycles. The number of hydrogen-bond donors (Lipinski definition) is 0. The Balaban J connectivity index is 1.58. The highest BCUT2D eigenvalue weighted by Gasteiger charge is 2.34. The lowest BCUT2D eigenvalue weighted by atomic mass is 10.1. The Bertz CT molecular complexity index is 1010. The number of benzene rings is 1. The number of hydrogen-bond acceptors (Lipinski definition) is 7. The van der Waals surface area contributed by atoms with Crippen molar-refractivity contribution >= 4 is 11.8 Å². The first-order valence-corrected chi connectivity index (χ1v) is 10.8. The van der Waals surface area contributed by atoms with Crippen LogP contribution in [0.3, 0.4) is 0 Å². The van der Waals surface area contributed by atoms with Crippen LogP contribution in [0.25, 0.3) is 0 Å². The van der Waals surface area contributed by atoms with E-state index in [1.807, 2.05) is 6.92 Å². The molecule has 2 saturated heterocycles. The van der Waals surface area contributed by atoms with Gasteiger partial charge in [-0.15, -0.1) is 0 Å². The highest BCUT2D eigenvalue weighted by molar-refractivity contribution is 5.98. The minimum Gasteiger partial charge on any atom is -0.497 e. The van der Waals surface area contributed by atoms with E-state index in [1.165, 1.54) is 7.11 Å². The number of rotatable bonds is 5. The van der Waals surface area contributed by atoms with Gasteiger partial charge in [0.2, 0.25) is 0 Å². The van der Waals surface area contributed by atoms with E-state index in [0.29, 0.717) is 67.0 Å². The molecule has 0 N–H and O–H groups in total. The highest BCUT2D eigenvalue weighted by atomic mass is 16.5. The predicted octanol–water partition coefficient (Wildman–Crippen LogP) is 2.25. The first-order chi connectivity index (χ1) is 15.5. The molecule has 2 amide bonds. The zero-order chi connectivity index (χ0) is 22.7. The van der Waals surface area contributed by atoms with Crippen LogP contribution in [0, 0.1) is 6.92 Å². The number of methoxy groups -OCH3 is 2. The summed E-state index contributed by atoms with van der Waals surface area (Å²) >= 11 is 0. The third kappa shape index (κ3) is 4.25. The Kier molecular flexibility index (Phi) is 6.55. The summed E-state index contributed by atoms with van der Waals surface area (Å²) in [6, 6.07) is 4.91. The Morgan fingerprint density at radius 1 is 1.06 bits per heavy atom. The molecule has 0 aliphatic carbocycles. The third-order valence-corrected chi connectivity index (χ3v) is 5.98. The zero-order valence-corrected chi connectivity index (χ0v) is 18.7. The summed E-state index contributed by atoms with van der Waals surface area (Å²) < 4.78 is 16.0. The van der Waals surface area contributed by atoms with Gasteiger partial charge in [0.05, 0.1) is 50.3 Å². The van der Waals surface area contributed by atoms with Crippen molar-refractivity contribution in [2.24, 2.45) is 0 Å². The number of aryl methyl sites for hydroxylation is 1. The fraction of sp³-hybridized carbons (Fsp3) is 0.478. The van der Waals surface area contributed by atoms with Gasteiger partial charge in [0.25, 0.3) is 11.8 Å². The molecule has 0 bridgehead atoms. The molecule has 1 aromatic heterocycles. The van der Waals surface area contributed by atoms with Crippen LogP contribution in [0.4, 0.5) is 0 Å². The highest BCUT2D eigenvalue weighted by Crippen LogP contribution is 2.34. The lowest BCUT2D eigenvalue weighted by molar-refractivity contribution is 0.0301. The SMILES string of the molecule is COc1ccc(OC)c(C(=O)N2CCCC2c2ncc(C(=O)N3CCOCC3)c(C)n2)c1. The van der Waals surface area contributed by atoms with Gasteiger partial charge in [-0.25, -0.2) is 9.97 Å². The van der Waals surface area contributed by atoms with E-state index in [9.17, 15) is 9.59 Å². The second-order valence-electron chi connectivity index (χ2n) is 7.85. The summed E-state index contributed by atoms with van der Waals surface area (Å²) in [5.74, 6) is 1.39. The summed E-state index contributed by atoms with van der Waals surface area (Å²) in [5, 5.41) is 0. The van der Waals surface area contributed by atoms with Crippen molar-refractivity contribution < 1.29 is 23.8 Å². The standard InChI is InChI=1S/C23H28N4O5/c1-15-18(22(28)26-9-11-32-12-10-26)14-24-21(25-15)19-5-4-8-27(19)23(29)17-13-16(30-2)6-7-20(17)31-3/h6-7,13-14,19H,4-5,8-12H2,1-3H3. The molecule has 1 unspecified atom stereocenters. The molecular formula is C23H28N4O5. The maximum atomic E-state index is 13.4. The summed E-state index contributed by atoms with van der Waals surface area (Å²) in [5.41, 5.74) is 1.54. The van der Waals surface area contributed by atoms with E-state index in [0.717, 1.165) is 12.8 Å². The first-order valence-electron chi connectivity index (χ1n) is 10.8. The van der Waals surface area contributed by atoms with Gasteiger partial charge in [-0.05, 0) is 38.0 Å². The van der Waals surface area contributed by atoms with Crippen LogP contribution in [0.15, 0.2) is 24.4 Å². The molecule has 1 aromatic carbocycles. The molecular weight excluding hydrogens is 412 g/mol. The number of carbonyl (C=O) groups is 2. The van der Waals surface area contributed by atoms with Crippen molar-refractivity contribution in [3.63, 3.8) is 0 Å². The van der Waals surface area contributed by atoms with Crippen molar-refractivity contribution in [1.29, 1.82) is 0 Å². The second kappa shape index (κ2) is 9.52. The lowest BCUT2D eigenvalue weighted by Crippen LogP contribution is -2.41. The van der Waals surface area contributed by atoms with Gasteiger partial charge in [-0.2, -0.15) is 0 Å². The third-order valence-electron chi connectivity index (χ3n) is 5.98. The summed E-state index contributed by atoms with van der Waals surface area (Å²) in [4.78, 5) is 38.9. The van der Waals surface area contributed by atoms with Crippen LogP contribution >= 0.6 is 0 Å². The first kappa shape index (κ1) is 22.0. The number of morpholine rings is 1. The Morgan fingerprint density at radius 2 is 1.84 bits per heavy atom. The van der Waals surface area contributed by atoms with Crippen LogP contribution in [-0.4, -0.2) is 78.6 Å². The molecule has 0 spiro atoms. The molecule has 2 aliphatic heterocycles. The molecule has 2 aromatic rings. The average Bonchev–Trinajstić information content (AvgIpc) is 3.33. The van der Waals surface area contributed by atoms with Crippen molar-refractivity contribution in [3.05, 3.63) is 47.0 Å². The fourth-order valence-electron chi connectivity index (χ4n) is 4.21. The smallest absolute Gasteiger partial charge is 0.258 e. The Morgan fingerprint density at radius 3 is 2.53 bits per heavy atom. The van der Waals surface area contributed by atoms with Gasteiger partial charge in [-0.1, -0.05) is 0 Å². The maximum absolute atomic E-state index is 13.4. The molecule has 170 valence electrons. The fourth-order valence-corrected chi connectivity index (χ4v) is 4.21. The predicted molar refractivity (Wildman–Crippen MR) is 116 cm³/mol. The molecule has 9 heteroatoms. The normalized spacial score (nSPS) is 18.5. The van der Waals surface area contributed by atoms with Crippen molar-refractivity contribution in [1.82, 2.24) is 19.8 Å². The van der Waals surface area contributed by atoms with Gasteiger partial charge < -0.3 is 24.0 Å². The van der Waals surface area contributed by atoms with E-state index in [-0.39, 0.29) is 17.9 Å². The largest absolute Gasteiger partial charge is 0.497 e. The minimum atomic E-state index is -0.260. The van der Waals surface area contributed by atoms with E-state index >= 15 is 0 Å². The molecule has 0 radical (unpaired) electrons. The average molecular weight is 441 g/mol. The van der Waals surface area contributed by atoms with Gasteiger partial charge in [0.1, 0.15) is 11.5 Å². The number of nitrogens with zero attached hydrogens (tertiary/aromatic N) is 4. The summed E-state index contributed by atoms with van der Waals surface area (Å²) in [7, 11) is 3.10. The maximum Gasteiger partial charge on any atom is 0.258 e. The molecule has 32 heavy (non-hydrogen) atoms. The number of aromatic nitrogens is 2.